The van der Waals surface area contributed by atoms with E-state index in [-0.39, 0.29) is 0 Å². The van der Waals surface area contributed by atoms with Gasteiger partial charge >= 0.3 is 0 Å². The van der Waals surface area contributed by atoms with E-state index in [1.807, 2.05) is 44.2 Å². The maximum atomic E-state index is 5.95. The van der Waals surface area contributed by atoms with Crippen molar-refractivity contribution in [3.63, 3.8) is 0 Å². The zero-order chi connectivity index (χ0) is 20.6. The Labute approximate surface area is 171 Å². The quantitative estimate of drug-likeness (QED) is 0.551. The van der Waals surface area contributed by atoms with Crippen molar-refractivity contribution in [2.45, 2.75) is 40.2 Å². The molecule has 1 heterocycles. The molecule has 1 aromatic heterocycles. The monoisotopic (exact) mass is 396 g/mol. The summed E-state index contributed by atoms with van der Waals surface area (Å²) in [4.78, 5) is 0. The summed E-state index contributed by atoms with van der Waals surface area (Å²) in [6, 6.07) is 14.3. The Morgan fingerprint density at radius 1 is 0.931 bits per heavy atom. The van der Waals surface area contributed by atoms with E-state index in [0.717, 1.165) is 35.7 Å². The predicted octanol–water partition coefficient (Wildman–Crippen LogP) is 4.32. The van der Waals surface area contributed by atoms with Crippen LogP contribution in [0.5, 0.6) is 11.5 Å². The van der Waals surface area contributed by atoms with Gasteiger partial charge < -0.3 is 24.1 Å². The highest BCUT2D eigenvalue weighted by Crippen LogP contribution is 2.29. The van der Waals surface area contributed by atoms with Gasteiger partial charge in [0.05, 0.1) is 25.0 Å². The zero-order valence-corrected chi connectivity index (χ0v) is 17.5. The number of nitrogens with zero attached hydrogens (tertiary/aromatic N) is 1. The number of hydrogen-bond donors (Lipinski definition) is 1. The van der Waals surface area contributed by atoms with Crippen LogP contribution in [0.3, 0.4) is 0 Å². The van der Waals surface area contributed by atoms with E-state index in [2.05, 4.69) is 22.6 Å². The number of methoxy groups -OCH3 is 2. The Balaban J connectivity index is 1.60. The van der Waals surface area contributed by atoms with E-state index in [9.17, 15) is 0 Å². The van der Waals surface area contributed by atoms with Crippen LogP contribution >= 0.6 is 0 Å². The lowest BCUT2D eigenvalue weighted by atomic mass is 10.1. The topological polar surface area (TPSA) is 65.8 Å². The number of rotatable bonds is 10. The van der Waals surface area contributed by atoms with Gasteiger partial charge in [0.25, 0.3) is 0 Å². The first-order chi connectivity index (χ1) is 14.1. The molecule has 0 aliphatic heterocycles. The minimum atomic E-state index is 0.394. The van der Waals surface area contributed by atoms with E-state index in [1.165, 1.54) is 11.1 Å². The van der Waals surface area contributed by atoms with Gasteiger partial charge in [0.2, 0.25) is 0 Å². The number of aromatic nitrogens is 1. The molecule has 0 radical (unpaired) electrons. The maximum Gasteiger partial charge on any atom is 0.161 e. The van der Waals surface area contributed by atoms with E-state index in [1.54, 1.807) is 14.2 Å². The number of aryl methyl sites for hydroxylation is 2. The third kappa shape index (κ3) is 5.37. The molecule has 0 saturated carbocycles. The van der Waals surface area contributed by atoms with Crippen LogP contribution in [0.4, 0.5) is 0 Å². The van der Waals surface area contributed by atoms with Gasteiger partial charge in [-0.15, -0.1) is 0 Å². The summed E-state index contributed by atoms with van der Waals surface area (Å²) in [7, 11) is 3.36. The summed E-state index contributed by atoms with van der Waals surface area (Å²) in [6.07, 6.45) is 0. The third-order valence-electron chi connectivity index (χ3n) is 4.84. The van der Waals surface area contributed by atoms with E-state index >= 15 is 0 Å². The molecular weight excluding hydrogens is 368 g/mol. The molecular formula is C23H28N2O4. The second-order valence-electron chi connectivity index (χ2n) is 6.88. The molecule has 6 heteroatoms. The SMILES string of the molecule is COCc1ccccc1CNCc1ccc(OCc2c(C)noc2C)c(OC)c1. The average Bonchev–Trinajstić information content (AvgIpc) is 3.06. The molecule has 154 valence electrons. The summed E-state index contributed by atoms with van der Waals surface area (Å²) in [5.74, 6) is 2.17. The largest absolute Gasteiger partial charge is 0.493 e. The van der Waals surface area contributed by atoms with Crippen LogP contribution < -0.4 is 14.8 Å². The van der Waals surface area contributed by atoms with Gasteiger partial charge in [-0.2, -0.15) is 0 Å². The Morgan fingerprint density at radius 3 is 2.41 bits per heavy atom. The molecule has 0 unspecified atom stereocenters. The van der Waals surface area contributed by atoms with Gasteiger partial charge in [0.15, 0.2) is 11.5 Å². The van der Waals surface area contributed by atoms with Crippen LogP contribution in [0.1, 0.15) is 33.7 Å². The lowest BCUT2D eigenvalue weighted by Crippen LogP contribution is -2.14. The lowest BCUT2D eigenvalue weighted by molar-refractivity contribution is 0.184. The Bertz CT molecular complexity index is 917. The first kappa shape index (κ1) is 20.9. The summed E-state index contributed by atoms with van der Waals surface area (Å²) in [5.41, 5.74) is 5.36. The van der Waals surface area contributed by atoms with E-state index in [4.69, 9.17) is 18.7 Å². The average molecular weight is 396 g/mol. The molecule has 29 heavy (non-hydrogen) atoms. The van der Waals surface area contributed by atoms with Crippen LogP contribution in [0, 0.1) is 13.8 Å². The number of nitrogens with one attached hydrogen (secondary N) is 1. The zero-order valence-electron chi connectivity index (χ0n) is 17.5. The highest BCUT2D eigenvalue weighted by Gasteiger charge is 2.12. The van der Waals surface area contributed by atoms with Gasteiger partial charge in [-0.05, 0) is 42.7 Å². The molecule has 0 aliphatic carbocycles. The Hall–Kier alpha value is -2.83. The van der Waals surface area contributed by atoms with Crippen LogP contribution in [-0.4, -0.2) is 19.4 Å². The second-order valence-corrected chi connectivity index (χ2v) is 6.88. The van der Waals surface area contributed by atoms with Crippen molar-refractivity contribution in [2.75, 3.05) is 14.2 Å². The Kier molecular flexibility index (Phi) is 7.27. The van der Waals surface area contributed by atoms with Gasteiger partial charge in [0, 0.05) is 20.2 Å². The van der Waals surface area contributed by atoms with Crippen molar-refractivity contribution < 1.29 is 18.7 Å². The number of ether oxygens (including phenoxy) is 3. The normalized spacial score (nSPS) is 10.9. The summed E-state index contributed by atoms with van der Waals surface area (Å²) < 4.78 is 21.9. The molecule has 3 rings (SSSR count). The summed E-state index contributed by atoms with van der Waals surface area (Å²) in [5, 5.41) is 7.44. The lowest BCUT2D eigenvalue weighted by Gasteiger charge is -2.13. The van der Waals surface area contributed by atoms with E-state index in [0.29, 0.717) is 24.7 Å². The summed E-state index contributed by atoms with van der Waals surface area (Å²) in [6.45, 7) is 6.30. The first-order valence-electron chi connectivity index (χ1n) is 9.60. The minimum Gasteiger partial charge on any atom is -0.493 e. The fourth-order valence-electron chi connectivity index (χ4n) is 3.17. The van der Waals surface area contributed by atoms with Crippen molar-refractivity contribution in [2.24, 2.45) is 0 Å². The summed E-state index contributed by atoms with van der Waals surface area (Å²) >= 11 is 0. The van der Waals surface area contributed by atoms with Crippen LogP contribution in [0.2, 0.25) is 0 Å². The number of hydrogen-bond acceptors (Lipinski definition) is 6. The molecule has 0 spiro atoms. The number of benzene rings is 2. The third-order valence-corrected chi connectivity index (χ3v) is 4.84. The molecule has 0 fully saturated rings. The molecule has 6 nitrogen and oxygen atoms in total. The molecule has 0 saturated heterocycles. The molecule has 0 atom stereocenters. The van der Waals surface area contributed by atoms with Crippen molar-refractivity contribution in [3.05, 3.63) is 76.2 Å². The van der Waals surface area contributed by atoms with Crippen molar-refractivity contribution >= 4 is 0 Å². The van der Waals surface area contributed by atoms with Crippen LogP contribution in [-0.2, 0) is 31.0 Å². The highest BCUT2D eigenvalue weighted by molar-refractivity contribution is 5.43. The van der Waals surface area contributed by atoms with Gasteiger partial charge in [-0.1, -0.05) is 35.5 Å². The molecule has 2 aromatic carbocycles. The van der Waals surface area contributed by atoms with Crippen molar-refractivity contribution in [3.8, 4) is 11.5 Å². The van der Waals surface area contributed by atoms with Gasteiger partial charge in [-0.3, -0.25) is 0 Å². The second kappa shape index (κ2) is 10.1. The Morgan fingerprint density at radius 2 is 1.72 bits per heavy atom. The first-order valence-corrected chi connectivity index (χ1v) is 9.60. The molecule has 0 amide bonds. The smallest absolute Gasteiger partial charge is 0.161 e. The highest BCUT2D eigenvalue weighted by atomic mass is 16.5. The minimum absolute atomic E-state index is 0.394. The standard InChI is InChI=1S/C23H28N2O4/c1-16-21(17(2)29-25-16)15-28-22-10-9-18(11-23(22)27-4)12-24-13-19-7-5-6-8-20(19)14-26-3/h5-11,24H,12-15H2,1-4H3. The fraction of sp³-hybridized carbons (Fsp3) is 0.348. The van der Waals surface area contributed by atoms with Crippen molar-refractivity contribution in [1.29, 1.82) is 0 Å². The van der Waals surface area contributed by atoms with Gasteiger partial charge in [0.1, 0.15) is 12.4 Å². The maximum absolute atomic E-state index is 5.95. The van der Waals surface area contributed by atoms with Crippen LogP contribution in [0.25, 0.3) is 0 Å². The van der Waals surface area contributed by atoms with Gasteiger partial charge in [-0.25, -0.2) is 0 Å². The predicted molar refractivity (Wildman–Crippen MR) is 111 cm³/mol. The molecule has 1 N–H and O–H groups in total. The molecule has 0 bridgehead atoms. The van der Waals surface area contributed by atoms with E-state index < -0.39 is 0 Å². The van der Waals surface area contributed by atoms with Crippen molar-refractivity contribution in [1.82, 2.24) is 10.5 Å². The molecule has 0 aliphatic rings. The van der Waals surface area contributed by atoms with Crippen LogP contribution in [0.15, 0.2) is 47.0 Å². The fourth-order valence-corrected chi connectivity index (χ4v) is 3.17. The molecule has 3 aromatic rings.